The first kappa shape index (κ1) is 14.9. The number of aromatic nitrogens is 1. The maximum absolute atomic E-state index is 12.0. The van der Waals surface area contributed by atoms with E-state index >= 15 is 0 Å². The van der Waals surface area contributed by atoms with Crippen LogP contribution in [0.15, 0.2) is 18.5 Å². The summed E-state index contributed by atoms with van der Waals surface area (Å²) in [6.45, 7) is 3.21. The van der Waals surface area contributed by atoms with Crippen molar-refractivity contribution in [3.05, 3.63) is 24.0 Å². The van der Waals surface area contributed by atoms with Gasteiger partial charge in [0.15, 0.2) is 0 Å². The number of rotatable bonds is 8. The molecule has 6 nitrogen and oxygen atoms in total. The summed E-state index contributed by atoms with van der Waals surface area (Å²) in [4.78, 5) is 26.5. The van der Waals surface area contributed by atoms with Gasteiger partial charge in [-0.1, -0.05) is 0 Å². The Morgan fingerprint density at radius 3 is 2.84 bits per heavy atom. The smallest absolute Gasteiger partial charge is 0.253 e. The van der Waals surface area contributed by atoms with Gasteiger partial charge in [0.05, 0.1) is 17.4 Å². The normalized spacial score (nSPS) is 9.95. The summed E-state index contributed by atoms with van der Waals surface area (Å²) in [5, 5.41) is 5.90. The van der Waals surface area contributed by atoms with Crippen LogP contribution >= 0.6 is 0 Å². The molecule has 0 bridgehead atoms. The van der Waals surface area contributed by atoms with Crippen LogP contribution in [0.2, 0.25) is 0 Å². The molecule has 0 atom stereocenters. The van der Waals surface area contributed by atoms with Gasteiger partial charge < -0.3 is 16.4 Å². The topological polar surface area (TPSA) is 97.1 Å². The Hall–Kier alpha value is -2.11. The van der Waals surface area contributed by atoms with E-state index in [-0.39, 0.29) is 11.8 Å². The quantitative estimate of drug-likeness (QED) is 0.608. The number of amides is 2. The van der Waals surface area contributed by atoms with Crippen LogP contribution in [-0.4, -0.2) is 29.9 Å². The molecule has 4 N–H and O–H groups in total. The molecule has 0 fully saturated rings. The molecule has 0 spiro atoms. The van der Waals surface area contributed by atoms with Gasteiger partial charge in [-0.3, -0.25) is 14.6 Å². The molecule has 0 saturated carbocycles. The van der Waals surface area contributed by atoms with Gasteiger partial charge in [-0.25, -0.2) is 0 Å². The number of unbranched alkanes of at least 4 members (excludes halogenated alkanes) is 1. The Kier molecular flexibility index (Phi) is 6.35. The van der Waals surface area contributed by atoms with Gasteiger partial charge >= 0.3 is 0 Å². The Morgan fingerprint density at radius 1 is 1.37 bits per heavy atom. The number of pyridine rings is 1. The van der Waals surface area contributed by atoms with Gasteiger partial charge in [0.25, 0.3) is 5.91 Å². The molecule has 0 aliphatic carbocycles. The van der Waals surface area contributed by atoms with Crippen LogP contribution < -0.4 is 16.4 Å². The van der Waals surface area contributed by atoms with Crippen LogP contribution in [0.25, 0.3) is 0 Å². The van der Waals surface area contributed by atoms with E-state index in [4.69, 9.17) is 5.73 Å². The number of carbonyl (C=O) groups is 2. The molecule has 6 heteroatoms. The SMILES string of the molecule is CCNc1cnccc1C(=O)NCCCCC(N)=O. The molecule has 2 amide bonds. The summed E-state index contributed by atoms with van der Waals surface area (Å²) in [6.07, 6.45) is 4.99. The van der Waals surface area contributed by atoms with Crippen molar-refractivity contribution in [2.75, 3.05) is 18.4 Å². The van der Waals surface area contributed by atoms with Crippen molar-refractivity contribution >= 4 is 17.5 Å². The molecule has 19 heavy (non-hydrogen) atoms. The van der Waals surface area contributed by atoms with Crippen LogP contribution in [0.1, 0.15) is 36.5 Å². The van der Waals surface area contributed by atoms with Gasteiger partial charge in [-0.15, -0.1) is 0 Å². The molecule has 0 saturated heterocycles. The fourth-order valence-electron chi connectivity index (χ4n) is 1.65. The Balaban J connectivity index is 2.43. The zero-order chi connectivity index (χ0) is 14.1. The number of primary amides is 1. The molecule has 1 aromatic rings. The van der Waals surface area contributed by atoms with E-state index in [1.165, 1.54) is 0 Å². The van der Waals surface area contributed by atoms with Gasteiger partial charge in [-0.2, -0.15) is 0 Å². The Morgan fingerprint density at radius 2 is 2.16 bits per heavy atom. The zero-order valence-electron chi connectivity index (χ0n) is 11.1. The van der Waals surface area contributed by atoms with E-state index in [9.17, 15) is 9.59 Å². The van der Waals surface area contributed by atoms with Crippen molar-refractivity contribution in [1.29, 1.82) is 0 Å². The number of hydrogen-bond donors (Lipinski definition) is 3. The lowest BCUT2D eigenvalue weighted by molar-refractivity contribution is -0.118. The molecular formula is C13H20N4O2. The molecule has 1 heterocycles. The highest BCUT2D eigenvalue weighted by Crippen LogP contribution is 2.12. The number of carbonyl (C=O) groups excluding carboxylic acids is 2. The van der Waals surface area contributed by atoms with Crippen molar-refractivity contribution in [1.82, 2.24) is 10.3 Å². The summed E-state index contributed by atoms with van der Waals surface area (Å²) >= 11 is 0. The summed E-state index contributed by atoms with van der Waals surface area (Å²) in [6, 6.07) is 1.68. The number of nitrogens with zero attached hydrogens (tertiary/aromatic N) is 1. The number of hydrogen-bond acceptors (Lipinski definition) is 4. The first-order valence-corrected chi connectivity index (χ1v) is 6.39. The highest BCUT2D eigenvalue weighted by molar-refractivity contribution is 5.99. The zero-order valence-corrected chi connectivity index (χ0v) is 11.1. The molecule has 0 aromatic carbocycles. The first-order chi connectivity index (χ1) is 9.15. The van der Waals surface area contributed by atoms with Crippen molar-refractivity contribution in [2.45, 2.75) is 26.2 Å². The molecule has 0 aliphatic rings. The summed E-state index contributed by atoms with van der Waals surface area (Å²) < 4.78 is 0. The van der Waals surface area contributed by atoms with E-state index in [0.29, 0.717) is 24.9 Å². The highest BCUT2D eigenvalue weighted by Gasteiger charge is 2.09. The van der Waals surface area contributed by atoms with E-state index in [1.54, 1.807) is 18.5 Å². The van der Waals surface area contributed by atoms with Crippen molar-refractivity contribution in [3.8, 4) is 0 Å². The maximum atomic E-state index is 12.0. The number of nitrogens with one attached hydrogen (secondary N) is 2. The average molecular weight is 264 g/mol. The molecule has 0 unspecified atom stereocenters. The third kappa shape index (κ3) is 5.37. The molecule has 0 radical (unpaired) electrons. The van der Waals surface area contributed by atoms with E-state index in [0.717, 1.165) is 18.7 Å². The Labute approximate surface area is 112 Å². The third-order valence-corrected chi connectivity index (χ3v) is 2.57. The highest BCUT2D eigenvalue weighted by atomic mass is 16.2. The second-order valence-corrected chi connectivity index (χ2v) is 4.13. The summed E-state index contributed by atoms with van der Waals surface area (Å²) in [7, 11) is 0. The van der Waals surface area contributed by atoms with Crippen LogP contribution in [0.3, 0.4) is 0 Å². The predicted octanol–water partition coefficient (Wildman–Crippen LogP) is 0.899. The molecule has 104 valence electrons. The summed E-state index contributed by atoms with van der Waals surface area (Å²) in [5.41, 5.74) is 6.33. The van der Waals surface area contributed by atoms with Crippen LogP contribution in [-0.2, 0) is 4.79 Å². The molecule has 1 rings (SSSR count). The molecular weight excluding hydrogens is 244 g/mol. The van der Waals surface area contributed by atoms with E-state index in [2.05, 4.69) is 15.6 Å². The molecule has 0 aliphatic heterocycles. The first-order valence-electron chi connectivity index (χ1n) is 6.39. The van der Waals surface area contributed by atoms with Crippen molar-refractivity contribution in [2.24, 2.45) is 5.73 Å². The van der Waals surface area contributed by atoms with Gasteiger partial charge in [0, 0.05) is 25.7 Å². The minimum Gasteiger partial charge on any atom is -0.383 e. The van der Waals surface area contributed by atoms with Gasteiger partial charge in [-0.05, 0) is 25.8 Å². The molecule has 1 aromatic heterocycles. The van der Waals surface area contributed by atoms with Gasteiger partial charge in [0.2, 0.25) is 5.91 Å². The fraction of sp³-hybridized carbons (Fsp3) is 0.462. The lowest BCUT2D eigenvalue weighted by Gasteiger charge is -2.10. The van der Waals surface area contributed by atoms with E-state index < -0.39 is 0 Å². The average Bonchev–Trinajstić information content (AvgIpc) is 2.39. The fourth-order valence-corrected chi connectivity index (χ4v) is 1.65. The number of anilines is 1. The maximum Gasteiger partial charge on any atom is 0.253 e. The predicted molar refractivity (Wildman–Crippen MR) is 73.8 cm³/mol. The largest absolute Gasteiger partial charge is 0.383 e. The van der Waals surface area contributed by atoms with Crippen LogP contribution in [0.5, 0.6) is 0 Å². The lowest BCUT2D eigenvalue weighted by Crippen LogP contribution is -2.25. The van der Waals surface area contributed by atoms with Crippen LogP contribution in [0, 0.1) is 0 Å². The monoisotopic (exact) mass is 264 g/mol. The minimum absolute atomic E-state index is 0.141. The standard InChI is InChI=1S/C13H20N4O2/c1-2-16-11-9-15-8-6-10(11)13(19)17-7-4-3-5-12(14)18/h6,8-9,16H,2-5,7H2,1H3,(H2,14,18)(H,17,19). The van der Waals surface area contributed by atoms with Crippen LogP contribution in [0.4, 0.5) is 5.69 Å². The second kappa shape index (κ2) is 8.07. The van der Waals surface area contributed by atoms with Gasteiger partial charge in [0.1, 0.15) is 0 Å². The lowest BCUT2D eigenvalue weighted by atomic mass is 10.2. The second-order valence-electron chi connectivity index (χ2n) is 4.13. The van der Waals surface area contributed by atoms with Crippen molar-refractivity contribution in [3.63, 3.8) is 0 Å². The minimum atomic E-state index is -0.310. The third-order valence-electron chi connectivity index (χ3n) is 2.57. The van der Waals surface area contributed by atoms with Crippen molar-refractivity contribution < 1.29 is 9.59 Å². The summed E-state index contributed by atoms with van der Waals surface area (Å²) in [5.74, 6) is -0.452. The van der Waals surface area contributed by atoms with E-state index in [1.807, 2.05) is 6.92 Å². The number of nitrogens with two attached hydrogens (primary N) is 1. The Bertz CT molecular complexity index is 434.